The summed E-state index contributed by atoms with van der Waals surface area (Å²) in [5.74, 6) is -0.0223. The van der Waals surface area contributed by atoms with Crippen LogP contribution in [0.5, 0.6) is 0 Å². The summed E-state index contributed by atoms with van der Waals surface area (Å²) in [5, 5.41) is 1.69. The van der Waals surface area contributed by atoms with Crippen LogP contribution in [0.3, 0.4) is 0 Å². The lowest BCUT2D eigenvalue weighted by molar-refractivity contribution is 0.597. The number of anilines is 2. The van der Waals surface area contributed by atoms with Crippen molar-refractivity contribution in [3.63, 3.8) is 0 Å². The van der Waals surface area contributed by atoms with E-state index in [1.807, 2.05) is 0 Å². The number of fused-ring (bicyclic) bond motifs is 1. The average molecular weight is 309 g/mol. The van der Waals surface area contributed by atoms with E-state index in [1.54, 1.807) is 30.8 Å². The van der Waals surface area contributed by atoms with E-state index in [9.17, 15) is 8.42 Å². The summed E-state index contributed by atoms with van der Waals surface area (Å²) < 4.78 is 28.9. The van der Waals surface area contributed by atoms with Crippen LogP contribution in [0.15, 0.2) is 35.1 Å². The highest BCUT2D eigenvalue weighted by molar-refractivity contribution is 7.92. The lowest BCUT2D eigenvalue weighted by Gasteiger charge is -2.09. The molecule has 0 saturated heterocycles. The fourth-order valence-electron chi connectivity index (χ4n) is 1.81. The van der Waals surface area contributed by atoms with Gasteiger partial charge in [-0.3, -0.25) is 14.1 Å². The van der Waals surface area contributed by atoms with Gasteiger partial charge in [-0.25, -0.2) is 4.98 Å². The number of aryl methyl sites for hydroxylation is 1. The largest absolute Gasteiger partial charge is 0.381 e. The minimum atomic E-state index is -3.83. The number of thiazole rings is 1. The van der Waals surface area contributed by atoms with Gasteiger partial charge in [0.05, 0.1) is 11.9 Å². The van der Waals surface area contributed by atoms with Crippen molar-refractivity contribution in [1.82, 2.24) is 14.4 Å². The SMILES string of the molecule is Cc1ccncc1NS(=O)(=O)c1c(N)nc2sccn12. The molecule has 104 valence electrons. The Morgan fingerprint density at radius 1 is 1.45 bits per heavy atom. The standard InChI is InChI=1S/C11H11N5O2S2/c1-7-2-3-13-6-8(7)15-20(17,18)10-9(12)14-11-16(10)4-5-19-11/h2-6,15H,12H2,1H3. The second-order valence-corrected chi connectivity index (χ2v) is 6.62. The van der Waals surface area contributed by atoms with Gasteiger partial charge in [0.25, 0.3) is 10.0 Å². The molecule has 0 amide bonds. The molecular weight excluding hydrogens is 298 g/mol. The molecule has 0 aliphatic rings. The number of aromatic nitrogens is 3. The van der Waals surface area contributed by atoms with Crippen LogP contribution in [-0.4, -0.2) is 22.8 Å². The van der Waals surface area contributed by atoms with Crippen LogP contribution in [0.1, 0.15) is 5.56 Å². The van der Waals surface area contributed by atoms with Gasteiger partial charge in [-0.15, -0.1) is 11.3 Å². The first kappa shape index (κ1) is 12.9. The predicted molar refractivity (Wildman–Crippen MR) is 77.3 cm³/mol. The van der Waals surface area contributed by atoms with Gasteiger partial charge >= 0.3 is 0 Å². The van der Waals surface area contributed by atoms with Crippen molar-refractivity contribution in [3.05, 3.63) is 35.6 Å². The highest BCUT2D eigenvalue weighted by atomic mass is 32.2. The Kier molecular flexibility index (Phi) is 2.87. The molecule has 0 aromatic carbocycles. The van der Waals surface area contributed by atoms with E-state index in [0.717, 1.165) is 5.56 Å². The van der Waals surface area contributed by atoms with Crippen molar-refractivity contribution >= 4 is 37.8 Å². The zero-order chi connectivity index (χ0) is 14.3. The van der Waals surface area contributed by atoms with Gasteiger partial charge < -0.3 is 5.73 Å². The number of nitrogens with one attached hydrogen (secondary N) is 1. The second-order valence-electron chi connectivity index (χ2n) is 4.15. The van der Waals surface area contributed by atoms with Crippen LogP contribution in [0.4, 0.5) is 11.5 Å². The highest BCUT2D eigenvalue weighted by Crippen LogP contribution is 2.25. The van der Waals surface area contributed by atoms with Crippen molar-refractivity contribution in [2.75, 3.05) is 10.5 Å². The third-order valence-electron chi connectivity index (χ3n) is 2.78. The molecule has 0 fully saturated rings. The van der Waals surface area contributed by atoms with Gasteiger partial charge in [0, 0.05) is 17.8 Å². The number of pyridine rings is 1. The summed E-state index contributed by atoms with van der Waals surface area (Å²) in [6.07, 6.45) is 4.67. The predicted octanol–water partition coefficient (Wildman–Crippen LogP) is 1.48. The molecule has 0 aliphatic heterocycles. The van der Waals surface area contributed by atoms with Crippen LogP contribution in [0.25, 0.3) is 4.96 Å². The van der Waals surface area contributed by atoms with Crippen molar-refractivity contribution in [2.45, 2.75) is 11.9 Å². The van der Waals surface area contributed by atoms with Crippen LogP contribution in [-0.2, 0) is 10.0 Å². The molecule has 0 atom stereocenters. The summed E-state index contributed by atoms with van der Waals surface area (Å²) in [6, 6.07) is 1.72. The van der Waals surface area contributed by atoms with Crippen LogP contribution >= 0.6 is 11.3 Å². The quantitative estimate of drug-likeness (QED) is 0.763. The topological polar surface area (TPSA) is 102 Å². The lowest BCUT2D eigenvalue weighted by Crippen LogP contribution is -2.17. The molecule has 3 heterocycles. The van der Waals surface area contributed by atoms with Crippen LogP contribution in [0.2, 0.25) is 0 Å². The number of sulfonamides is 1. The van der Waals surface area contributed by atoms with Gasteiger partial charge in [-0.05, 0) is 18.6 Å². The van der Waals surface area contributed by atoms with Crippen LogP contribution < -0.4 is 10.5 Å². The van der Waals surface area contributed by atoms with Gasteiger partial charge in [0.2, 0.25) is 5.03 Å². The Hall–Kier alpha value is -2.13. The highest BCUT2D eigenvalue weighted by Gasteiger charge is 2.25. The maximum Gasteiger partial charge on any atom is 0.281 e. The Morgan fingerprint density at radius 3 is 3.00 bits per heavy atom. The van der Waals surface area contributed by atoms with Crippen molar-refractivity contribution in [2.24, 2.45) is 0 Å². The zero-order valence-electron chi connectivity index (χ0n) is 10.4. The molecule has 3 rings (SSSR count). The number of hydrogen-bond acceptors (Lipinski definition) is 6. The van der Waals surface area contributed by atoms with Gasteiger partial charge in [-0.2, -0.15) is 8.42 Å². The minimum absolute atomic E-state index is 0.0223. The fraction of sp³-hybridized carbons (Fsp3) is 0.0909. The third kappa shape index (κ3) is 2.00. The van der Waals surface area contributed by atoms with E-state index in [1.165, 1.54) is 21.9 Å². The number of nitrogens with zero attached hydrogens (tertiary/aromatic N) is 3. The Bertz CT molecular complexity index is 881. The molecule has 0 bridgehead atoms. The number of hydrogen-bond donors (Lipinski definition) is 2. The van der Waals surface area contributed by atoms with E-state index >= 15 is 0 Å². The minimum Gasteiger partial charge on any atom is -0.381 e. The zero-order valence-corrected chi connectivity index (χ0v) is 12.1. The van der Waals surface area contributed by atoms with E-state index < -0.39 is 10.0 Å². The van der Waals surface area contributed by atoms with E-state index in [2.05, 4.69) is 14.7 Å². The summed E-state index contributed by atoms with van der Waals surface area (Å²) >= 11 is 1.32. The Labute approximate surface area is 119 Å². The molecule has 0 aliphatic carbocycles. The lowest BCUT2D eigenvalue weighted by atomic mass is 10.3. The Balaban J connectivity index is 2.11. The number of imidazole rings is 1. The number of nitrogen functional groups attached to an aromatic ring is 1. The normalized spacial score (nSPS) is 11.8. The Morgan fingerprint density at radius 2 is 2.25 bits per heavy atom. The van der Waals surface area contributed by atoms with Crippen molar-refractivity contribution in [1.29, 1.82) is 0 Å². The first-order valence-corrected chi connectivity index (χ1v) is 8.00. The number of rotatable bonds is 3. The molecule has 0 saturated carbocycles. The summed E-state index contributed by atoms with van der Waals surface area (Å²) in [7, 11) is -3.83. The van der Waals surface area contributed by atoms with Gasteiger partial charge in [0.15, 0.2) is 10.8 Å². The third-order valence-corrected chi connectivity index (χ3v) is 4.94. The summed E-state index contributed by atoms with van der Waals surface area (Å²) in [5.41, 5.74) is 6.90. The molecule has 7 nitrogen and oxygen atoms in total. The van der Waals surface area contributed by atoms with E-state index in [0.29, 0.717) is 10.6 Å². The van der Waals surface area contributed by atoms with Crippen LogP contribution in [0, 0.1) is 6.92 Å². The smallest absolute Gasteiger partial charge is 0.281 e. The molecule has 20 heavy (non-hydrogen) atoms. The van der Waals surface area contributed by atoms with E-state index in [-0.39, 0.29) is 10.8 Å². The fourth-order valence-corrected chi connectivity index (χ4v) is 3.92. The van der Waals surface area contributed by atoms with Crippen molar-refractivity contribution < 1.29 is 8.42 Å². The molecule has 3 aromatic heterocycles. The first-order valence-electron chi connectivity index (χ1n) is 5.63. The van der Waals surface area contributed by atoms with Crippen molar-refractivity contribution in [3.8, 4) is 0 Å². The molecule has 3 aromatic rings. The van der Waals surface area contributed by atoms with Gasteiger partial charge in [0.1, 0.15) is 0 Å². The summed E-state index contributed by atoms with van der Waals surface area (Å²) in [4.78, 5) is 8.47. The first-order chi connectivity index (χ1) is 9.49. The monoisotopic (exact) mass is 309 g/mol. The molecule has 0 radical (unpaired) electrons. The molecule has 0 spiro atoms. The maximum absolute atomic E-state index is 12.5. The molecule has 9 heteroatoms. The second kappa shape index (κ2) is 4.46. The summed E-state index contributed by atoms with van der Waals surface area (Å²) in [6.45, 7) is 1.79. The molecular formula is C11H11N5O2S2. The van der Waals surface area contributed by atoms with E-state index in [4.69, 9.17) is 5.73 Å². The molecule has 3 N–H and O–H groups in total. The number of nitrogens with two attached hydrogens (primary N) is 1. The molecule has 0 unspecified atom stereocenters. The average Bonchev–Trinajstić information content (AvgIpc) is 2.91. The van der Waals surface area contributed by atoms with Gasteiger partial charge in [-0.1, -0.05) is 0 Å². The maximum atomic E-state index is 12.5.